The van der Waals surface area contributed by atoms with E-state index in [-0.39, 0.29) is 29.9 Å². The Labute approximate surface area is 187 Å². The maximum atomic E-state index is 12.3. The number of amides is 1. The molecule has 3 rings (SSSR count). The van der Waals surface area contributed by atoms with Crippen LogP contribution in [0.3, 0.4) is 0 Å². The van der Waals surface area contributed by atoms with Crippen LogP contribution in [0, 0.1) is 0 Å². The molecule has 3 aromatic rings. The van der Waals surface area contributed by atoms with E-state index in [9.17, 15) is 4.79 Å². The quantitative estimate of drug-likeness (QED) is 0.249. The molecule has 1 aromatic heterocycles. The maximum absolute atomic E-state index is 12.3. The normalized spacial score (nSPS) is 10.8. The smallest absolute Gasteiger partial charge is 0.251 e. The Bertz CT molecular complexity index is 912. The fourth-order valence-corrected chi connectivity index (χ4v) is 2.71. The van der Waals surface area contributed by atoms with Gasteiger partial charge in [0.15, 0.2) is 5.96 Å². The molecule has 0 atom stereocenters. The standard InChI is InChI=1S/C22H24N4O2.HI/c23-22(24-12-11-17-6-2-1-3-7-17)26-15-18-8-4-9-19(14-18)21(27)25-16-20-10-5-13-28-20;/h1-10,13-14H,11-12,15-16H2,(H,25,27)(H3,23,24,26);1H. The molecule has 152 valence electrons. The van der Waals surface area contributed by atoms with Gasteiger partial charge < -0.3 is 20.8 Å². The Hall–Kier alpha value is -2.81. The van der Waals surface area contributed by atoms with Crippen molar-refractivity contribution in [1.29, 1.82) is 0 Å². The van der Waals surface area contributed by atoms with Gasteiger partial charge in [-0.1, -0.05) is 42.5 Å². The van der Waals surface area contributed by atoms with E-state index < -0.39 is 0 Å². The molecule has 0 aliphatic rings. The number of hydrogen-bond acceptors (Lipinski definition) is 3. The molecule has 29 heavy (non-hydrogen) atoms. The topological polar surface area (TPSA) is 92.6 Å². The molecule has 0 aliphatic carbocycles. The first kappa shape index (κ1) is 22.5. The van der Waals surface area contributed by atoms with Crippen LogP contribution in [0.4, 0.5) is 0 Å². The van der Waals surface area contributed by atoms with E-state index in [1.54, 1.807) is 18.4 Å². The number of nitrogens with one attached hydrogen (secondary N) is 2. The van der Waals surface area contributed by atoms with Crippen molar-refractivity contribution in [2.24, 2.45) is 10.7 Å². The van der Waals surface area contributed by atoms with Gasteiger partial charge in [0.25, 0.3) is 5.91 Å². The zero-order valence-electron chi connectivity index (χ0n) is 16.0. The molecule has 4 N–H and O–H groups in total. The first-order valence-electron chi connectivity index (χ1n) is 9.18. The van der Waals surface area contributed by atoms with Crippen molar-refractivity contribution in [2.75, 3.05) is 6.54 Å². The van der Waals surface area contributed by atoms with Crippen molar-refractivity contribution < 1.29 is 9.21 Å². The molecule has 6 nitrogen and oxygen atoms in total. The number of benzene rings is 2. The summed E-state index contributed by atoms with van der Waals surface area (Å²) in [5, 5.41) is 5.94. The molecular weight excluding hydrogens is 479 g/mol. The molecule has 2 aromatic carbocycles. The van der Waals surface area contributed by atoms with Crippen molar-refractivity contribution in [3.63, 3.8) is 0 Å². The van der Waals surface area contributed by atoms with Crippen LogP contribution in [-0.4, -0.2) is 18.4 Å². The number of furan rings is 1. The predicted octanol–water partition coefficient (Wildman–Crippen LogP) is 3.47. The van der Waals surface area contributed by atoms with Gasteiger partial charge in [0, 0.05) is 12.1 Å². The molecule has 0 aliphatic heterocycles. The zero-order valence-corrected chi connectivity index (χ0v) is 18.3. The highest BCUT2D eigenvalue weighted by molar-refractivity contribution is 14.0. The Balaban J connectivity index is 0.00000300. The zero-order chi connectivity index (χ0) is 19.6. The maximum Gasteiger partial charge on any atom is 0.251 e. The van der Waals surface area contributed by atoms with E-state index in [1.165, 1.54) is 5.56 Å². The number of nitrogens with zero attached hydrogens (tertiary/aromatic N) is 1. The summed E-state index contributed by atoms with van der Waals surface area (Å²) >= 11 is 0. The first-order valence-corrected chi connectivity index (χ1v) is 9.18. The summed E-state index contributed by atoms with van der Waals surface area (Å²) in [4.78, 5) is 16.6. The summed E-state index contributed by atoms with van der Waals surface area (Å²) in [5.41, 5.74) is 8.67. The third-order valence-electron chi connectivity index (χ3n) is 4.19. The Morgan fingerprint density at radius 2 is 1.76 bits per heavy atom. The van der Waals surface area contributed by atoms with Crippen LogP contribution in [0.2, 0.25) is 0 Å². The van der Waals surface area contributed by atoms with Crippen LogP contribution in [-0.2, 0) is 19.5 Å². The second-order valence-electron chi connectivity index (χ2n) is 6.33. The molecule has 0 saturated carbocycles. The third-order valence-corrected chi connectivity index (χ3v) is 4.19. The van der Waals surface area contributed by atoms with Crippen LogP contribution < -0.4 is 16.4 Å². The largest absolute Gasteiger partial charge is 0.467 e. The van der Waals surface area contributed by atoms with Crippen LogP contribution in [0.15, 0.2) is 82.4 Å². The van der Waals surface area contributed by atoms with Gasteiger partial charge in [-0.05, 0) is 41.8 Å². The van der Waals surface area contributed by atoms with Gasteiger partial charge in [-0.3, -0.25) is 4.79 Å². The lowest BCUT2D eigenvalue weighted by molar-refractivity contribution is 0.0948. The highest BCUT2D eigenvalue weighted by Crippen LogP contribution is 2.08. The summed E-state index contributed by atoms with van der Waals surface area (Å²) < 4.78 is 5.22. The average Bonchev–Trinajstić information content (AvgIpc) is 3.25. The van der Waals surface area contributed by atoms with Gasteiger partial charge in [0.1, 0.15) is 5.76 Å². The number of hydrogen-bond donors (Lipinski definition) is 3. The van der Waals surface area contributed by atoms with Crippen molar-refractivity contribution in [1.82, 2.24) is 10.6 Å². The van der Waals surface area contributed by atoms with Crippen molar-refractivity contribution in [3.8, 4) is 0 Å². The molecule has 0 radical (unpaired) electrons. The van der Waals surface area contributed by atoms with Crippen LogP contribution in [0.1, 0.15) is 27.2 Å². The number of aliphatic imine (C=N–C) groups is 1. The highest BCUT2D eigenvalue weighted by atomic mass is 127. The molecule has 1 amide bonds. The van der Waals surface area contributed by atoms with Crippen molar-refractivity contribution in [2.45, 2.75) is 19.5 Å². The molecule has 0 unspecified atom stereocenters. The molecule has 1 heterocycles. The molecule has 0 saturated heterocycles. The van der Waals surface area contributed by atoms with Crippen LogP contribution in [0.25, 0.3) is 0 Å². The van der Waals surface area contributed by atoms with E-state index in [0.29, 0.717) is 36.9 Å². The lowest BCUT2D eigenvalue weighted by atomic mass is 10.1. The number of carbonyl (C=O) groups is 1. The SMILES string of the molecule is I.NC(=NCc1cccc(C(=O)NCc2ccco2)c1)NCCc1ccccc1. The van der Waals surface area contributed by atoms with E-state index in [4.69, 9.17) is 10.2 Å². The van der Waals surface area contributed by atoms with E-state index in [1.807, 2.05) is 42.5 Å². The van der Waals surface area contributed by atoms with Crippen molar-refractivity contribution in [3.05, 3.63) is 95.4 Å². The van der Waals surface area contributed by atoms with Crippen LogP contribution in [0.5, 0.6) is 0 Å². The fourth-order valence-electron chi connectivity index (χ4n) is 2.71. The summed E-state index contributed by atoms with van der Waals surface area (Å²) in [6.45, 7) is 1.48. The van der Waals surface area contributed by atoms with Crippen LogP contribution >= 0.6 is 24.0 Å². The minimum Gasteiger partial charge on any atom is -0.467 e. The van der Waals surface area contributed by atoms with E-state index in [0.717, 1.165) is 12.0 Å². The highest BCUT2D eigenvalue weighted by Gasteiger charge is 2.07. The fraction of sp³-hybridized carbons (Fsp3) is 0.182. The van der Waals surface area contributed by atoms with Crippen molar-refractivity contribution >= 4 is 35.8 Å². The van der Waals surface area contributed by atoms with Gasteiger partial charge in [-0.2, -0.15) is 0 Å². The third kappa shape index (κ3) is 7.61. The van der Waals surface area contributed by atoms with Gasteiger partial charge >= 0.3 is 0 Å². The summed E-state index contributed by atoms with van der Waals surface area (Å²) in [6.07, 6.45) is 2.46. The van der Waals surface area contributed by atoms with E-state index >= 15 is 0 Å². The number of nitrogens with two attached hydrogens (primary N) is 1. The second kappa shape index (κ2) is 11.9. The second-order valence-corrected chi connectivity index (χ2v) is 6.33. The molecular formula is C22H25IN4O2. The lowest BCUT2D eigenvalue weighted by Gasteiger charge is -2.07. The average molecular weight is 504 g/mol. The van der Waals surface area contributed by atoms with Gasteiger partial charge in [-0.25, -0.2) is 4.99 Å². The number of carbonyl (C=O) groups excluding carboxylic acids is 1. The van der Waals surface area contributed by atoms with Gasteiger partial charge in [0.05, 0.1) is 19.4 Å². The first-order chi connectivity index (χ1) is 13.7. The molecule has 0 bridgehead atoms. The summed E-state index contributed by atoms with van der Waals surface area (Å²) in [6, 6.07) is 21.2. The molecule has 0 spiro atoms. The summed E-state index contributed by atoms with van der Waals surface area (Å²) in [7, 11) is 0. The Morgan fingerprint density at radius 3 is 2.52 bits per heavy atom. The monoisotopic (exact) mass is 504 g/mol. The van der Waals surface area contributed by atoms with E-state index in [2.05, 4.69) is 27.8 Å². The number of rotatable bonds is 8. The Kier molecular flexibility index (Phi) is 9.23. The van der Waals surface area contributed by atoms with Gasteiger partial charge in [0.2, 0.25) is 0 Å². The van der Waals surface area contributed by atoms with Gasteiger partial charge in [-0.15, -0.1) is 24.0 Å². The minimum atomic E-state index is -0.156. The minimum absolute atomic E-state index is 0. The molecule has 7 heteroatoms. The predicted molar refractivity (Wildman–Crippen MR) is 125 cm³/mol. The summed E-state index contributed by atoms with van der Waals surface area (Å²) in [5.74, 6) is 0.947. The number of guanidine groups is 1. The Morgan fingerprint density at radius 1 is 0.966 bits per heavy atom. The number of halogens is 1. The molecule has 0 fully saturated rings. The lowest BCUT2D eigenvalue weighted by Crippen LogP contribution is -2.33.